The maximum absolute atomic E-state index is 12.5. The number of carbonyl (C=O) groups is 1. The highest BCUT2D eigenvalue weighted by Gasteiger charge is 2.32. The van der Waals surface area contributed by atoms with E-state index in [-0.39, 0.29) is 0 Å². The third-order valence-electron chi connectivity index (χ3n) is 4.90. The van der Waals surface area contributed by atoms with Crippen LogP contribution in [0.5, 0.6) is 0 Å². The fraction of sp³-hybridized carbons (Fsp3) is 0.933. The Hall–Kier alpha value is -0.570. The van der Waals surface area contributed by atoms with Crippen LogP contribution in [0.15, 0.2) is 0 Å². The molecule has 0 aromatic rings. The van der Waals surface area contributed by atoms with Gasteiger partial charge in [0.05, 0.1) is 0 Å². The molecule has 2 unspecified atom stereocenters. The van der Waals surface area contributed by atoms with Crippen LogP contribution in [0.4, 0.5) is 0 Å². The summed E-state index contributed by atoms with van der Waals surface area (Å²) in [6, 6.07) is 0.602. The Morgan fingerprint density at radius 2 is 1.94 bits per heavy atom. The highest BCUT2D eigenvalue weighted by molar-refractivity contribution is 5.79. The van der Waals surface area contributed by atoms with Gasteiger partial charge in [0.2, 0.25) is 5.91 Å². The smallest absolute Gasteiger partial charge is 0.225 e. The predicted molar refractivity (Wildman–Crippen MR) is 74.4 cm³/mol. The first-order valence-corrected chi connectivity index (χ1v) is 7.72. The third-order valence-corrected chi connectivity index (χ3v) is 4.90. The highest BCUT2D eigenvalue weighted by atomic mass is 16.2. The summed E-state index contributed by atoms with van der Waals surface area (Å²) in [6.45, 7) is 4.16. The first-order valence-electron chi connectivity index (χ1n) is 7.72. The third kappa shape index (κ3) is 3.05. The van der Waals surface area contributed by atoms with E-state index < -0.39 is 0 Å². The van der Waals surface area contributed by atoms with E-state index in [1.807, 2.05) is 7.05 Å². The van der Waals surface area contributed by atoms with Gasteiger partial charge in [-0.3, -0.25) is 4.79 Å². The lowest BCUT2D eigenvalue weighted by Gasteiger charge is -2.40. The topological polar surface area (TPSA) is 32.3 Å². The van der Waals surface area contributed by atoms with Crippen molar-refractivity contribution in [3.63, 3.8) is 0 Å². The van der Waals surface area contributed by atoms with Crippen molar-refractivity contribution in [2.45, 2.75) is 57.9 Å². The van der Waals surface area contributed by atoms with Crippen LogP contribution in [-0.2, 0) is 4.79 Å². The Kier molecular flexibility index (Phi) is 5.04. The summed E-state index contributed by atoms with van der Waals surface area (Å²) in [6.07, 6.45) is 8.36. The zero-order valence-corrected chi connectivity index (χ0v) is 12.0. The van der Waals surface area contributed by atoms with Gasteiger partial charge in [-0.15, -0.1) is 0 Å². The molecule has 0 radical (unpaired) electrons. The van der Waals surface area contributed by atoms with Crippen molar-refractivity contribution >= 4 is 5.91 Å². The molecule has 2 aliphatic rings. The molecule has 1 aliphatic heterocycles. The summed E-state index contributed by atoms with van der Waals surface area (Å²) < 4.78 is 0. The summed E-state index contributed by atoms with van der Waals surface area (Å²) in [4.78, 5) is 14.7. The molecule has 0 aromatic heterocycles. The number of hydrogen-bond acceptors (Lipinski definition) is 2. The van der Waals surface area contributed by atoms with Crippen molar-refractivity contribution in [1.82, 2.24) is 10.2 Å². The van der Waals surface area contributed by atoms with Gasteiger partial charge in [-0.1, -0.05) is 32.6 Å². The van der Waals surface area contributed by atoms with Crippen LogP contribution in [0.25, 0.3) is 0 Å². The zero-order valence-electron chi connectivity index (χ0n) is 12.0. The molecule has 1 N–H and O–H groups in total. The molecule has 1 aliphatic carbocycles. The molecule has 1 heterocycles. The molecule has 2 rings (SSSR count). The molecule has 2 fully saturated rings. The molecule has 18 heavy (non-hydrogen) atoms. The molecule has 1 amide bonds. The van der Waals surface area contributed by atoms with E-state index in [0.29, 0.717) is 23.8 Å². The second kappa shape index (κ2) is 6.55. The van der Waals surface area contributed by atoms with Crippen molar-refractivity contribution in [2.75, 3.05) is 20.1 Å². The van der Waals surface area contributed by atoms with E-state index in [0.717, 1.165) is 32.4 Å². The second-order valence-electron chi connectivity index (χ2n) is 5.97. The van der Waals surface area contributed by atoms with Gasteiger partial charge in [0.25, 0.3) is 0 Å². The SMILES string of the molecule is CCC1CN(C(=O)C2CCCCC2)CCC1NC. The van der Waals surface area contributed by atoms with Crippen LogP contribution >= 0.6 is 0 Å². The standard InChI is InChI=1S/C15H28N2O/c1-3-12-11-17(10-9-14(12)16-2)15(18)13-7-5-4-6-8-13/h12-14,16H,3-11H2,1-2H3. The first kappa shape index (κ1) is 13.9. The summed E-state index contributed by atoms with van der Waals surface area (Å²) in [5.74, 6) is 1.42. The van der Waals surface area contributed by atoms with Gasteiger partial charge >= 0.3 is 0 Å². The van der Waals surface area contributed by atoms with Gasteiger partial charge in [0.15, 0.2) is 0 Å². The number of rotatable bonds is 3. The number of hydrogen-bond donors (Lipinski definition) is 1. The quantitative estimate of drug-likeness (QED) is 0.836. The maximum Gasteiger partial charge on any atom is 0.225 e. The van der Waals surface area contributed by atoms with Crippen molar-refractivity contribution < 1.29 is 4.79 Å². The van der Waals surface area contributed by atoms with Gasteiger partial charge < -0.3 is 10.2 Å². The second-order valence-corrected chi connectivity index (χ2v) is 5.97. The van der Waals surface area contributed by atoms with Crippen LogP contribution in [0.3, 0.4) is 0 Å². The number of piperidine rings is 1. The minimum atomic E-state index is 0.336. The Balaban J connectivity index is 1.91. The van der Waals surface area contributed by atoms with Crippen LogP contribution in [0.1, 0.15) is 51.9 Å². The van der Waals surface area contributed by atoms with Crippen molar-refractivity contribution in [3.8, 4) is 0 Å². The van der Waals surface area contributed by atoms with E-state index in [1.54, 1.807) is 0 Å². The number of nitrogens with zero attached hydrogens (tertiary/aromatic N) is 1. The molecule has 3 nitrogen and oxygen atoms in total. The van der Waals surface area contributed by atoms with Crippen molar-refractivity contribution in [3.05, 3.63) is 0 Å². The average molecular weight is 252 g/mol. The summed E-state index contributed by atoms with van der Waals surface area (Å²) in [5.41, 5.74) is 0. The van der Waals surface area contributed by atoms with Crippen molar-refractivity contribution in [1.29, 1.82) is 0 Å². The van der Waals surface area contributed by atoms with E-state index in [1.165, 1.54) is 25.7 Å². The lowest BCUT2D eigenvalue weighted by Crippen LogP contribution is -2.51. The molecular formula is C15H28N2O. The van der Waals surface area contributed by atoms with Gasteiger partial charge in [-0.25, -0.2) is 0 Å². The lowest BCUT2D eigenvalue weighted by atomic mass is 9.85. The average Bonchev–Trinajstić information content (AvgIpc) is 2.46. The number of likely N-dealkylation sites (tertiary alicyclic amines) is 1. The zero-order chi connectivity index (χ0) is 13.0. The molecule has 0 spiro atoms. The summed E-state index contributed by atoms with van der Waals surface area (Å²) in [5, 5.41) is 3.41. The Bertz CT molecular complexity index is 274. The minimum Gasteiger partial charge on any atom is -0.342 e. The molecule has 0 bridgehead atoms. The molecule has 0 aromatic carbocycles. The van der Waals surface area contributed by atoms with E-state index in [9.17, 15) is 4.79 Å². The number of nitrogens with one attached hydrogen (secondary N) is 1. The van der Waals surface area contributed by atoms with Gasteiger partial charge in [0.1, 0.15) is 0 Å². The van der Waals surface area contributed by atoms with Crippen LogP contribution in [0.2, 0.25) is 0 Å². The molecule has 1 saturated heterocycles. The maximum atomic E-state index is 12.5. The van der Waals surface area contributed by atoms with Gasteiger partial charge in [-0.05, 0) is 32.2 Å². The van der Waals surface area contributed by atoms with E-state index in [4.69, 9.17) is 0 Å². The summed E-state index contributed by atoms with van der Waals surface area (Å²) >= 11 is 0. The predicted octanol–water partition coefficient (Wildman–Crippen LogP) is 2.41. The van der Waals surface area contributed by atoms with Crippen molar-refractivity contribution in [2.24, 2.45) is 11.8 Å². The monoisotopic (exact) mass is 252 g/mol. The molecular weight excluding hydrogens is 224 g/mol. The molecule has 2 atom stereocenters. The van der Waals surface area contributed by atoms with Crippen LogP contribution < -0.4 is 5.32 Å². The van der Waals surface area contributed by atoms with Crippen LogP contribution in [0, 0.1) is 11.8 Å². The number of amides is 1. The minimum absolute atomic E-state index is 0.336. The Labute approximate surface area is 111 Å². The van der Waals surface area contributed by atoms with Crippen LogP contribution in [-0.4, -0.2) is 37.0 Å². The molecule has 104 valence electrons. The van der Waals surface area contributed by atoms with E-state index in [2.05, 4.69) is 17.1 Å². The molecule has 1 saturated carbocycles. The highest BCUT2D eigenvalue weighted by Crippen LogP contribution is 2.28. The largest absolute Gasteiger partial charge is 0.342 e. The fourth-order valence-corrected chi connectivity index (χ4v) is 3.63. The van der Waals surface area contributed by atoms with Gasteiger partial charge in [0, 0.05) is 25.0 Å². The van der Waals surface area contributed by atoms with Gasteiger partial charge in [-0.2, -0.15) is 0 Å². The molecule has 3 heteroatoms. The fourth-order valence-electron chi connectivity index (χ4n) is 3.63. The Morgan fingerprint density at radius 3 is 2.56 bits per heavy atom. The first-order chi connectivity index (χ1) is 8.76. The lowest BCUT2D eigenvalue weighted by molar-refractivity contribution is -0.138. The van der Waals surface area contributed by atoms with E-state index >= 15 is 0 Å². The summed E-state index contributed by atoms with van der Waals surface area (Å²) in [7, 11) is 2.05. The Morgan fingerprint density at radius 1 is 1.22 bits per heavy atom. The normalized spacial score (nSPS) is 30.4. The number of carbonyl (C=O) groups excluding carboxylic acids is 1.